The van der Waals surface area contributed by atoms with Gasteiger partial charge in [0.05, 0.1) is 0 Å². The van der Waals surface area contributed by atoms with Crippen LogP contribution in [0.3, 0.4) is 0 Å². The highest BCUT2D eigenvalue weighted by atomic mass is 31.2. The van der Waals surface area contributed by atoms with Gasteiger partial charge in [-0.1, -0.05) is 26.2 Å². The van der Waals surface area contributed by atoms with Crippen LogP contribution in [0.5, 0.6) is 5.75 Å². The van der Waals surface area contributed by atoms with E-state index in [9.17, 15) is 8.96 Å². The van der Waals surface area contributed by atoms with Gasteiger partial charge in [0.15, 0.2) is 11.6 Å². The van der Waals surface area contributed by atoms with E-state index in [-0.39, 0.29) is 17.7 Å². The molecule has 12 nitrogen and oxygen atoms in total. The summed E-state index contributed by atoms with van der Waals surface area (Å²) in [6.07, 6.45) is 9.27. The Labute approximate surface area is 221 Å². The number of halogens is 1. The minimum Gasteiger partial charge on any atom is -0.464 e. The number of hydrogen-bond donors (Lipinski definition) is 6. The molecule has 0 bridgehead atoms. The number of rotatable bonds is 13. The normalized spacial score (nSPS) is 19.2. The van der Waals surface area contributed by atoms with Crippen LogP contribution in [0.25, 0.3) is 0 Å². The van der Waals surface area contributed by atoms with E-state index in [0.29, 0.717) is 29.5 Å². The van der Waals surface area contributed by atoms with E-state index in [2.05, 4.69) is 47.7 Å². The number of hydrogen-bond acceptors (Lipinski definition) is 10. The van der Waals surface area contributed by atoms with Gasteiger partial charge in [0.2, 0.25) is 24.6 Å². The molecule has 1 aromatic carbocycles. The molecule has 2 fully saturated rings. The van der Waals surface area contributed by atoms with Gasteiger partial charge in [0.1, 0.15) is 0 Å². The van der Waals surface area contributed by atoms with Crippen molar-refractivity contribution in [3.63, 3.8) is 0 Å². The summed E-state index contributed by atoms with van der Waals surface area (Å²) < 4.78 is 34.5. The molecule has 2 unspecified atom stereocenters. The molecule has 1 saturated heterocycles. The average molecular weight is 554 g/mol. The maximum absolute atomic E-state index is 14.5. The molecule has 2 aliphatic rings. The van der Waals surface area contributed by atoms with Crippen LogP contribution in [0.2, 0.25) is 0 Å². The summed E-state index contributed by atoms with van der Waals surface area (Å²) in [4.78, 5) is 31.1. The largest absolute Gasteiger partial charge is 0.472 e. The van der Waals surface area contributed by atoms with Crippen molar-refractivity contribution in [2.45, 2.75) is 70.4 Å². The van der Waals surface area contributed by atoms with Crippen LogP contribution in [0, 0.1) is 11.7 Å². The third-order valence-corrected chi connectivity index (χ3v) is 7.31. The molecular weight excluding hydrogens is 516 g/mol. The summed E-state index contributed by atoms with van der Waals surface area (Å²) in [5.41, 5.74) is 0.366. The summed E-state index contributed by atoms with van der Waals surface area (Å²) in [6.45, 7) is 3.11. The predicted octanol–water partition coefficient (Wildman–Crippen LogP) is 4.13. The van der Waals surface area contributed by atoms with E-state index in [1.165, 1.54) is 44.2 Å². The quantitative estimate of drug-likeness (QED) is 0.156. The molecule has 6 N–H and O–H groups in total. The van der Waals surface area contributed by atoms with Gasteiger partial charge in [-0.3, -0.25) is 0 Å². The molecule has 0 amide bonds. The Hall–Kier alpha value is -2.57. The van der Waals surface area contributed by atoms with Crippen molar-refractivity contribution in [1.82, 2.24) is 20.3 Å². The molecule has 0 spiro atoms. The Morgan fingerprint density at radius 2 is 1.87 bits per heavy atom. The second-order valence-corrected chi connectivity index (χ2v) is 10.9. The summed E-state index contributed by atoms with van der Waals surface area (Å²) in [5.74, 6) is 0.748. The first kappa shape index (κ1) is 28.4. The van der Waals surface area contributed by atoms with E-state index in [0.717, 1.165) is 32.4 Å². The topological polar surface area (TPSA) is 163 Å². The van der Waals surface area contributed by atoms with Crippen LogP contribution < -0.4 is 26.0 Å². The van der Waals surface area contributed by atoms with Crippen LogP contribution in [-0.2, 0) is 9.09 Å². The zero-order chi connectivity index (χ0) is 27.0. The Balaban J connectivity index is 1.48. The monoisotopic (exact) mass is 553 g/mol. The fourth-order valence-electron chi connectivity index (χ4n) is 4.89. The molecule has 0 radical (unpaired) electrons. The zero-order valence-electron chi connectivity index (χ0n) is 21.5. The van der Waals surface area contributed by atoms with Crippen molar-refractivity contribution < 1.29 is 28.0 Å². The van der Waals surface area contributed by atoms with Crippen LogP contribution in [0.1, 0.15) is 58.3 Å². The highest BCUT2D eigenvalue weighted by Crippen LogP contribution is 2.36. The lowest BCUT2D eigenvalue weighted by Crippen LogP contribution is -2.40. The highest BCUT2D eigenvalue weighted by Gasteiger charge is 2.24. The van der Waals surface area contributed by atoms with Crippen molar-refractivity contribution in [1.29, 1.82) is 0 Å². The van der Waals surface area contributed by atoms with Gasteiger partial charge in [-0.05, 0) is 56.7 Å². The fourth-order valence-corrected chi connectivity index (χ4v) is 5.08. The maximum atomic E-state index is 14.5. The lowest BCUT2D eigenvalue weighted by molar-refractivity contribution is 0.0798. The first-order valence-electron chi connectivity index (χ1n) is 13.2. The number of phosphoric ester groups is 1. The van der Waals surface area contributed by atoms with Gasteiger partial charge in [-0.2, -0.15) is 15.0 Å². The van der Waals surface area contributed by atoms with Crippen LogP contribution in [0.15, 0.2) is 18.2 Å². The number of phosphoric acid groups is 1. The van der Waals surface area contributed by atoms with Crippen molar-refractivity contribution in [2.24, 2.45) is 5.92 Å². The molecular formula is C24H37FN7O5P. The first-order valence-corrected chi connectivity index (χ1v) is 14.7. The third-order valence-electron chi connectivity index (χ3n) is 6.87. The molecule has 1 saturated carbocycles. The average Bonchev–Trinajstić information content (AvgIpc) is 3.42. The SMILES string of the molecule is CCC(Nc1nc(NCC2CCCCC2)nc(Nc2ccc(OCOP(=O)(O)O)c(F)c2)n1)C1CCCN1. The molecule has 14 heteroatoms. The zero-order valence-corrected chi connectivity index (χ0v) is 22.4. The van der Waals surface area contributed by atoms with Gasteiger partial charge in [0, 0.05) is 30.4 Å². The second kappa shape index (κ2) is 13.5. The van der Waals surface area contributed by atoms with E-state index in [1.54, 1.807) is 6.07 Å². The third kappa shape index (κ3) is 8.74. The molecule has 38 heavy (non-hydrogen) atoms. The molecule has 2 heterocycles. The van der Waals surface area contributed by atoms with E-state index < -0.39 is 20.4 Å². The van der Waals surface area contributed by atoms with Crippen LogP contribution in [0.4, 0.5) is 27.9 Å². The smallest absolute Gasteiger partial charge is 0.464 e. The van der Waals surface area contributed by atoms with E-state index in [1.807, 2.05) is 0 Å². The van der Waals surface area contributed by atoms with Gasteiger partial charge in [-0.15, -0.1) is 0 Å². The Morgan fingerprint density at radius 3 is 2.55 bits per heavy atom. The van der Waals surface area contributed by atoms with Crippen LogP contribution >= 0.6 is 7.82 Å². The Bertz CT molecular complexity index is 1100. The van der Waals surface area contributed by atoms with Crippen molar-refractivity contribution in [2.75, 3.05) is 35.8 Å². The summed E-state index contributed by atoms with van der Waals surface area (Å²) >= 11 is 0. The molecule has 2 aromatic rings. The van der Waals surface area contributed by atoms with Crippen LogP contribution in [-0.4, -0.2) is 56.7 Å². The van der Waals surface area contributed by atoms with Crippen molar-refractivity contribution >= 4 is 31.4 Å². The molecule has 1 aromatic heterocycles. The lowest BCUT2D eigenvalue weighted by Gasteiger charge is -2.24. The standard InChI is InChI=1S/C24H37FN7O5P/c1-2-19(20-9-6-12-26-20)29-24-31-22(27-14-16-7-4-3-5-8-16)30-23(32-24)28-17-10-11-21(18(25)13-17)36-15-37-38(33,34)35/h10-11,13,16,19-20,26H,2-9,12,14-15H2,1H3,(H2,33,34,35)(H3,27,28,29,30,31,32). The first-order chi connectivity index (χ1) is 18.3. The number of aromatic nitrogens is 3. The summed E-state index contributed by atoms with van der Waals surface area (Å²) in [6, 6.07) is 4.53. The molecule has 1 aliphatic carbocycles. The number of anilines is 4. The number of nitrogens with one attached hydrogen (secondary N) is 4. The van der Waals surface area contributed by atoms with Gasteiger partial charge in [-0.25, -0.2) is 13.5 Å². The fraction of sp³-hybridized carbons (Fsp3) is 0.625. The summed E-state index contributed by atoms with van der Waals surface area (Å²) in [5, 5.41) is 13.4. The molecule has 1 aliphatic heterocycles. The Morgan fingerprint density at radius 1 is 1.11 bits per heavy atom. The predicted molar refractivity (Wildman–Crippen MR) is 142 cm³/mol. The second-order valence-electron chi connectivity index (χ2n) is 9.71. The number of benzene rings is 1. The summed E-state index contributed by atoms with van der Waals surface area (Å²) in [7, 11) is -4.72. The molecule has 4 rings (SSSR count). The van der Waals surface area contributed by atoms with Gasteiger partial charge < -0.3 is 35.8 Å². The lowest BCUT2D eigenvalue weighted by atomic mass is 9.89. The van der Waals surface area contributed by atoms with E-state index in [4.69, 9.17) is 14.5 Å². The van der Waals surface area contributed by atoms with Crippen molar-refractivity contribution in [3.8, 4) is 5.75 Å². The van der Waals surface area contributed by atoms with Gasteiger partial charge >= 0.3 is 7.82 Å². The van der Waals surface area contributed by atoms with E-state index >= 15 is 0 Å². The minimum absolute atomic E-state index is 0.156. The van der Waals surface area contributed by atoms with Crippen molar-refractivity contribution in [3.05, 3.63) is 24.0 Å². The molecule has 2 atom stereocenters. The number of nitrogens with zero attached hydrogens (tertiary/aromatic N) is 3. The highest BCUT2D eigenvalue weighted by molar-refractivity contribution is 7.46. The number of ether oxygens (including phenoxy) is 1. The molecule has 210 valence electrons. The van der Waals surface area contributed by atoms with Gasteiger partial charge in [0.25, 0.3) is 0 Å². The Kier molecular flexibility index (Phi) is 10.1. The maximum Gasteiger partial charge on any atom is 0.472 e. The minimum atomic E-state index is -4.72.